The van der Waals surface area contributed by atoms with Crippen molar-refractivity contribution < 1.29 is 0 Å². The summed E-state index contributed by atoms with van der Waals surface area (Å²) in [4.78, 5) is 13.5. The summed E-state index contributed by atoms with van der Waals surface area (Å²) in [5, 5.41) is 3.14. The second-order valence-corrected chi connectivity index (χ2v) is 4.23. The Bertz CT molecular complexity index is 564. The molecular formula is C14H18N4. The highest BCUT2D eigenvalue weighted by Gasteiger charge is 2.12. The van der Waals surface area contributed by atoms with Crippen molar-refractivity contribution in [1.82, 2.24) is 15.0 Å². The average Bonchev–Trinajstić information content (AvgIpc) is 2.38. The zero-order chi connectivity index (χ0) is 13.1. The topological polar surface area (TPSA) is 50.7 Å². The lowest BCUT2D eigenvalue weighted by Crippen LogP contribution is -2.06. The Kier molecular flexibility index (Phi) is 3.55. The highest BCUT2D eigenvalue weighted by Crippen LogP contribution is 2.22. The van der Waals surface area contributed by atoms with Gasteiger partial charge in [-0.1, -0.05) is 13.0 Å². The Hall–Kier alpha value is -1.97. The Labute approximate surface area is 108 Å². The zero-order valence-electron chi connectivity index (χ0n) is 11.3. The molecule has 0 aliphatic rings. The third-order valence-corrected chi connectivity index (χ3v) is 3.03. The second-order valence-electron chi connectivity index (χ2n) is 4.23. The maximum atomic E-state index is 4.57. The van der Waals surface area contributed by atoms with Crippen LogP contribution in [-0.2, 0) is 6.42 Å². The van der Waals surface area contributed by atoms with Gasteiger partial charge in [-0.05, 0) is 31.9 Å². The van der Waals surface area contributed by atoms with Gasteiger partial charge in [0.05, 0.1) is 0 Å². The molecule has 2 heterocycles. The number of nitrogens with zero attached hydrogens (tertiary/aromatic N) is 3. The van der Waals surface area contributed by atoms with Crippen molar-refractivity contribution in [2.75, 3.05) is 12.4 Å². The SMILES string of the molecule is CCc1c(C)nc(-c2ncccc2C)nc1NC. The molecule has 0 unspecified atom stereocenters. The van der Waals surface area contributed by atoms with Crippen molar-refractivity contribution in [3.05, 3.63) is 35.2 Å². The number of anilines is 1. The van der Waals surface area contributed by atoms with E-state index in [2.05, 4.69) is 27.2 Å². The Balaban J connectivity index is 2.60. The van der Waals surface area contributed by atoms with E-state index in [1.54, 1.807) is 6.20 Å². The van der Waals surface area contributed by atoms with Gasteiger partial charge < -0.3 is 5.32 Å². The van der Waals surface area contributed by atoms with E-state index in [4.69, 9.17) is 0 Å². The van der Waals surface area contributed by atoms with E-state index in [1.807, 2.05) is 33.0 Å². The van der Waals surface area contributed by atoms with Crippen LogP contribution in [-0.4, -0.2) is 22.0 Å². The number of pyridine rings is 1. The highest BCUT2D eigenvalue weighted by molar-refractivity contribution is 5.59. The van der Waals surface area contributed by atoms with Gasteiger partial charge in [0.1, 0.15) is 11.5 Å². The summed E-state index contributed by atoms with van der Waals surface area (Å²) in [6, 6.07) is 3.94. The molecule has 18 heavy (non-hydrogen) atoms. The predicted molar refractivity (Wildman–Crippen MR) is 73.7 cm³/mol. The van der Waals surface area contributed by atoms with E-state index < -0.39 is 0 Å². The van der Waals surface area contributed by atoms with Crippen LogP contribution in [0.3, 0.4) is 0 Å². The zero-order valence-corrected chi connectivity index (χ0v) is 11.3. The maximum absolute atomic E-state index is 4.57. The van der Waals surface area contributed by atoms with Gasteiger partial charge >= 0.3 is 0 Å². The minimum atomic E-state index is 0.687. The third-order valence-electron chi connectivity index (χ3n) is 3.03. The van der Waals surface area contributed by atoms with E-state index in [-0.39, 0.29) is 0 Å². The van der Waals surface area contributed by atoms with Crippen LogP contribution in [0.5, 0.6) is 0 Å². The second kappa shape index (κ2) is 5.12. The fourth-order valence-corrected chi connectivity index (χ4v) is 2.05. The van der Waals surface area contributed by atoms with Gasteiger partial charge in [-0.15, -0.1) is 0 Å². The largest absolute Gasteiger partial charge is 0.373 e. The lowest BCUT2D eigenvalue weighted by Gasteiger charge is -2.12. The summed E-state index contributed by atoms with van der Waals surface area (Å²) < 4.78 is 0. The highest BCUT2D eigenvalue weighted by atomic mass is 15.0. The standard InChI is InChI=1S/C14H18N4/c1-5-11-10(3)17-14(18-13(11)15-4)12-9(2)7-6-8-16-12/h6-8H,5H2,1-4H3,(H,15,17,18). The Morgan fingerprint density at radius 3 is 2.61 bits per heavy atom. The van der Waals surface area contributed by atoms with Gasteiger partial charge in [-0.3, -0.25) is 4.98 Å². The molecule has 0 radical (unpaired) electrons. The molecule has 0 saturated heterocycles. The maximum Gasteiger partial charge on any atom is 0.180 e. The van der Waals surface area contributed by atoms with Crippen molar-refractivity contribution in [3.63, 3.8) is 0 Å². The number of aromatic nitrogens is 3. The number of aryl methyl sites for hydroxylation is 2. The van der Waals surface area contributed by atoms with Crippen LogP contribution in [0.25, 0.3) is 11.5 Å². The van der Waals surface area contributed by atoms with E-state index in [1.165, 1.54) is 0 Å². The summed E-state index contributed by atoms with van der Waals surface area (Å²) in [5.41, 5.74) is 4.11. The molecule has 2 aromatic rings. The van der Waals surface area contributed by atoms with E-state index in [0.717, 1.165) is 34.8 Å². The molecule has 4 nitrogen and oxygen atoms in total. The fraction of sp³-hybridized carbons (Fsp3) is 0.357. The molecule has 0 aliphatic heterocycles. The molecule has 4 heteroatoms. The quantitative estimate of drug-likeness (QED) is 0.899. The van der Waals surface area contributed by atoms with E-state index in [9.17, 15) is 0 Å². The molecular weight excluding hydrogens is 224 g/mol. The van der Waals surface area contributed by atoms with Gasteiger partial charge in [-0.2, -0.15) is 0 Å². The van der Waals surface area contributed by atoms with Crippen LogP contribution in [0.15, 0.2) is 18.3 Å². The molecule has 2 rings (SSSR count). The van der Waals surface area contributed by atoms with Crippen molar-refractivity contribution >= 4 is 5.82 Å². The first-order chi connectivity index (χ1) is 8.67. The summed E-state index contributed by atoms with van der Waals surface area (Å²) in [7, 11) is 1.88. The molecule has 2 aromatic heterocycles. The number of hydrogen-bond acceptors (Lipinski definition) is 4. The molecule has 0 aliphatic carbocycles. The molecule has 0 fully saturated rings. The third kappa shape index (κ3) is 2.18. The average molecular weight is 242 g/mol. The molecule has 0 bridgehead atoms. The monoisotopic (exact) mass is 242 g/mol. The van der Waals surface area contributed by atoms with Crippen LogP contribution in [0.1, 0.15) is 23.7 Å². The van der Waals surface area contributed by atoms with Crippen molar-refractivity contribution in [3.8, 4) is 11.5 Å². The molecule has 94 valence electrons. The Morgan fingerprint density at radius 2 is 2.00 bits per heavy atom. The van der Waals surface area contributed by atoms with E-state index >= 15 is 0 Å². The number of nitrogens with one attached hydrogen (secondary N) is 1. The minimum Gasteiger partial charge on any atom is -0.373 e. The van der Waals surface area contributed by atoms with Gasteiger partial charge in [0.2, 0.25) is 0 Å². The van der Waals surface area contributed by atoms with E-state index in [0.29, 0.717) is 5.82 Å². The molecule has 0 amide bonds. The molecule has 1 N–H and O–H groups in total. The lowest BCUT2D eigenvalue weighted by atomic mass is 10.1. The van der Waals surface area contributed by atoms with Crippen LogP contribution < -0.4 is 5.32 Å². The fourth-order valence-electron chi connectivity index (χ4n) is 2.05. The summed E-state index contributed by atoms with van der Waals surface area (Å²) >= 11 is 0. The van der Waals surface area contributed by atoms with Gasteiger partial charge in [0, 0.05) is 24.5 Å². The van der Waals surface area contributed by atoms with Gasteiger partial charge in [-0.25, -0.2) is 9.97 Å². The molecule has 0 saturated carbocycles. The van der Waals surface area contributed by atoms with Gasteiger partial charge in [0.25, 0.3) is 0 Å². The van der Waals surface area contributed by atoms with Crippen LogP contribution in [0, 0.1) is 13.8 Å². The number of hydrogen-bond donors (Lipinski definition) is 1. The first kappa shape index (κ1) is 12.5. The van der Waals surface area contributed by atoms with Gasteiger partial charge in [0.15, 0.2) is 5.82 Å². The summed E-state index contributed by atoms with van der Waals surface area (Å²) in [5.74, 6) is 1.58. The van der Waals surface area contributed by atoms with Crippen molar-refractivity contribution in [2.24, 2.45) is 0 Å². The predicted octanol–water partition coefficient (Wildman–Crippen LogP) is 2.76. The normalized spacial score (nSPS) is 10.4. The smallest absolute Gasteiger partial charge is 0.180 e. The summed E-state index contributed by atoms with van der Waals surface area (Å²) in [6.07, 6.45) is 2.69. The van der Waals surface area contributed by atoms with Crippen molar-refractivity contribution in [1.29, 1.82) is 0 Å². The lowest BCUT2D eigenvalue weighted by molar-refractivity contribution is 0.993. The minimum absolute atomic E-state index is 0.687. The molecule has 0 aromatic carbocycles. The number of rotatable bonds is 3. The molecule has 0 atom stereocenters. The first-order valence-corrected chi connectivity index (χ1v) is 6.14. The molecule has 0 spiro atoms. The van der Waals surface area contributed by atoms with Crippen LogP contribution >= 0.6 is 0 Å². The Morgan fingerprint density at radius 1 is 1.22 bits per heavy atom. The first-order valence-electron chi connectivity index (χ1n) is 6.14. The van der Waals surface area contributed by atoms with Crippen molar-refractivity contribution in [2.45, 2.75) is 27.2 Å². The van der Waals surface area contributed by atoms with Crippen LogP contribution in [0.4, 0.5) is 5.82 Å². The van der Waals surface area contributed by atoms with Crippen LogP contribution in [0.2, 0.25) is 0 Å². The summed E-state index contributed by atoms with van der Waals surface area (Å²) in [6.45, 7) is 6.15.